The molecule has 0 unspecified atom stereocenters. The van der Waals surface area contributed by atoms with E-state index in [9.17, 15) is 4.79 Å². The third-order valence-corrected chi connectivity index (χ3v) is 3.93. The summed E-state index contributed by atoms with van der Waals surface area (Å²) in [4.78, 5) is 19.0. The summed E-state index contributed by atoms with van der Waals surface area (Å²) in [6.07, 6.45) is 2.20. The van der Waals surface area contributed by atoms with Gasteiger partial charge in [0.2, 0.25) is 0 Å². The minimum Gasteiger partial charge on any atom is -0.466 e. The van der Waals surface area contributed by atoms with Crippen molar-refractivity contribution in [2.75, 3.05) is 33.8 Å². The maximum atomic E-state index is 11.2. The van der Waals surface area contributed by atoms with E-state index in [2.05, 4.69) is 32.7 Å². The number of thiophene rings is 1. The van der Waals surface area contributed by atoms with Gasteiger partial charge in [0.25, 0.3) is 0 Å². The third-order valence-electron chi connectivity index (χ3n) is 2.99. The van der Waals surface area contributed by atoms with E-state index in [-0.39, 0.29) is 5.97 Å². The lowest BCUT2D eigenvalue weighted by molar-refractivity contribution is -0.143. The van der Waals surface area contributed by atoms with Gasteiger partial charge in [0.15, 0.2) is 5.96 Å². The van der Waals surface area contributed by atoms with Crippen LogP contribution >= 0.6 is 11.3 Å². The summed E-state index contributed by atoms with van der Waals surface area (Å²) in [6.45, 7) is 3.90. The van der Waals surface area contributed by atoms with Gasteiger partial charge in [0.05, 0.1) is 6.61 Å². The predicted molar refractivity (Wildman–Crippen MR) is 87.9 cm³/mol. The van der Waals surface area contributed by atoms with Gasteiger partial charge in [-0.15, -0.1) is 11.3 Å². The van der Waals surface area contributed by atoms with E-state index in [0.29, 0.717) is 13.0 Å². The first-order chi connectivity index (χ1) is 10.2. The van der Waals surface area contributed by atoms with Crippen molar-refractivity contribution >= 4 is 23.3 Å². The molecular formula is C15H25N3O2S. The molecule has 21 heavy (non-hydrogen) atoms. The molecule has 1 rings (SSSR count). The molecule has 1 aromatic heterocycles. The highest BCUT2D eigenvalue weighted by molar-refractivity contribution is 7.09. The van der Waals surface area contributed by atoms with Gasteiger partial charge in [0.1, 0.15) is 0 Å². The molecule has 0 amide bonds. The number of carbonyl (C=O) groups is 1. The van der Waals surface area contributed by atoms with Gasteiger partial charge in [-0.2, -0.15) is 0 Å². The largest absolute Gasteiger partial charge is 0.466 e. The predicted octanol–water partition coefficient (Wildman–Crippen LogP) is 2.14. The minimum atomic E-state index is -0.139. The Morgan fingerprint density at radius 2 is 2.33 bits per heavy atom. The highest BCUT2D eigenvalue weighted by atomic mass is 32.1. The Hall–Kier alpha value is -1.56. The molecule has 1 heterocycles. The lowest BCUT2D eigenvalue weighted by Gasteiger charge is -2.21. The van der Waals surface area contributed by atoms with Gasteiger partial charge in [0, 0.05) is 38.5 Å². The maximum Gasteiger partial charge on any atom is 0.305 e. The Bertz CT molecular complexity index is 432. The van der Waals surface area contributed by atoms with E-state index in [1.807, 2.05) is 14.0 Å². The molecule has 0 aromatic carbocycles. The van der Waals surface area contributed by atoms with Crippen LogP contribution in [0.2, 0.25) is 0 Å². The normalized spacial score (nSPS) is 11.3. The molecule has 0 saturated heterocycles. The number of nitrogens with zero attached hydrogens (tertiary/aromatic N) is 2. The fourth-order valence-electron chi connectivity index (χ4n) is 1.89. The Balaban J connectivity index is 2.22. The molecule has 0 saturated carbocycles. The molecule has 1 aromatic rings. The molecule has 118 valence electrons. The zero-order chi connectivity index (χ0) is 15.5. The summed E-state index contributed by atoms with van der Waals surface area (Å²) in [6, 6.07) is 4.22. The van der Waals surface area contributed by atoms with Crippen LogP contribution in [-0.4, -0.2) is 50.6 Å². The van der Waals surface area contributed by atoms with Crippen LogP contribution in [0, 0.1) is 0 Å². The molecule has 0 fully saturated rings. The molecule has 0 bridgehead atoms. The summed E-state index contributed by atoms with van der Waals surface area (Å²) in [7, 11) is 3.80. The van der Waals surface area contributed by atoms with Gasteiger partial charge < -0.3 is 15.0 Å². The molecule has 0 aliphatic carbocycles. The van der Waals surface area contributed by atoms with Gasteiger partial charge in [-0.1, -0.05) is 6.07 Å². The van der Waals surface area contributed by atoms with Crippen molar-refractivity contribution in [3.05, 3.63) is 22.4 Å². The van der Waals surface area contributed by atoms with Gasteiger partial charge in [-0.25, -0.2) is 0 Å². The number of carbonyl (C=O) groups excluding carboxylic acids is 1. The molecule has 0 spiro atoms. The first-order valence-corrected chi connectivity index (χ1v) is 8.15. The fourth-order valence-corrected chi connectivity index (χ4v) is 2.59. The zero-order valence-corrected chi connectivity index (χ0v) is 13.9. The van der Waals surface area contributed by atoms with E-state index in [0.717, 1.165) is 31.9 Å². The van der Waals surface area contributed by atoms with Crippen molar-refractivity contribution in [1.82, 2.24) is 10.2 Å². The summed E-state index contributed by atoms with van der Waals surface area (Å²) < 4.78 is 4.90. The number of rotatable bonds is 8. The molecule has 0 aliphatic heterocycles. The fraction of sp³-hybridized carbons (Fsp3) is 0.600. The molecule has 6 heteroatoms. The van der Waals surface area contributed by atoms with Crippen LogP contribution in [0.1, 0.15) is 24.6 Å². The maximum absolute atomic E-state index is 11.2. The molecule has 1 N–H and O–H groups in total. The number of nitrogens with one attached hydrogen (secondary N) is 1. The Kier molecular flexibility index (Phi) is 8.50. The van der Waals surface area contributed by atoms with E-state index in [4.69, 9.17) is 4.74 Å². The number of hydrogen-bond donors (Lipinski definition) is 1. The Morgan fingerprint density at radius 3 is 2.95 bits per heavy atom. The summed E-state index contributed by atoms with van der Waals surface area (Å²) in [5.41, 5.74) is 0. The van der Waals surface area contributed by atoms with Crippen LogP contribution in [0.15, 0.2) is 22.5 Å². The molecule has 5 nitrogen and oxygen atoms in total. The number of guanidine groups is 1. The highest BCUT2D eigenvalue weighted by Gasteiger charge is 2.07. The number of likely N-dealkylation sites (N-methyl/N-ethyl adjacent to an activating group) is 1. The Morgan fingerprint density at radius 1 is 1.52 bits per heavy atom. The number of ether oxygens (including phenoxy) is 1. The summed E-state index contributed by atoms with van der Waals surface area (Å²) in [5.74, 6) is 0.718. The molecule has 0 radical (unpaired) electrons. The highest BCUT2D eigenvalue weighted by Crippen LogP contribution is 2.09. The standard InChI is InChI=1S/C15H25N3O2S/c1-4-20-14(19)8-5-10-17-15(16-2)18(3)11-9-13-7-6-12-21-13/h6-7,12H,4-5,8-11H2,1-3H3,(H,16,17). The topological polar surface area (TPSA) is 53.9 Å². The van der Waals surface area contributed by atoms with Gasteiger partial charge in [-0.05, 0) is 31.2 Å². The smallest absolute Gasteiger partial charge is 0.305 e. The average Bonchev–Trinajstić information content (AvgIpc) is 2.98. The van der Waals surface area contributed by atoms with E-state index in [1.54, 1.807) is 18.4 Å². The number of aliphatic imine (C=N–C) groups is 1. The lowest BCUT2D eigenvalue weighted by Crippen LogP contribution is -2.40. The molecule has 0 atom stereocenters. The van der Waals surface area contributed by atoms with Crippen LogP contribution in [0.25, 0.3) is 0 Å². The van der Waals surface area contributed by atoms with Crippen molar-refractivity contribution in [3.63, 3.8) is 0 Å². The second kappa shape index (κ2) is 10.2. The average molecular weight is 311 g/mol. The van der Waals surface area contributed by atoms with Crippen LogP contribution in [0.4, 0.5) is 0 Å². The minimum absolute atomic E-state index is 0.139. The first kappa shape index (κ1) is 17.5. The zero-order valence-electron chi connectivity index (χ0n) is 13.1. The number of esters is 1. The Labute approximate surface area is 131 Å². The van der Waals surface area contributed by atoms with E-state index >= 15 is 0 Å². The van der Waals surface area contributed by atoms with E-state index < -0.39 is 0 Å². The second-order valence-corrected chi connectivity index (χ2v) is 5.67. The van der Waals surface area contributed by atoms with E-state index in [1.165, 1.54) is 4.88 Å². The van der Waals surface area contributed by atoms with Crippen molar-refractivity contribution in [1.29, 1.82) is 0 Å². The quantitative estimate of drug-likeness (QED) is 0.346. The SMILES string of the molecule is CCOC(=O)CCCNC(=NC)N(C)CCc1cccs1. The van der Waals surface area contributed by atoms with Crippen LogP contribution in [-0.2, 0) is 16.0 Å². The lowest BCUT2D eigenvalue weighted by atomic mass is 10.3. The molecular weight excluding hydrogens is 286 g/mol. The third kappa shape index (κ3) is 7.13. The van der Waals surface area contributed by atoms with Crippen molar-refractivity contribution in [2.45, 2.75) is 26.2 Å². The monoisotopic (exact) mass is 311 g/mol. The van der Waals surface area contributed by atoms with Crippen molar-refractivity contribution < 1.29 is 9.53 Å². The van der Waals surface area contributed by atoms with Crippen molar-refractivity contribution in [2.24, 2.45) is 4.99 Å². The van der Waals surface area contributed by atoms with Crippen LogP contribution < -0.4 is 5.32 Å². The first-order valence-electron chi connectivity index (χ1n) is 7.27. The van der Waals surface area contributed by atoms with Gasteiger partial charge in [-0.3, -0.25) is 9.79 Å². The van der Waals surface area contributed by atoms with Crippen LogP contribution in [0.3, 0.4) is 0 Å². The molecule has 0 aliphatic rings. The summed E-state index contributed by atoms with van der Waals surface area (Å²) in [5, 5.41) is 5.36. The second-order valence-electron chi connectivity index (χ2n) is 4.63. The van der Waals surface area contributed by atoms with Gasteiger partial charge >= 0.3 is 5.97 Å². The summed E-state index contributed by atoms with van der Waals surface area (Å²) >= 11 is 1.78. The van der Waals surface area contributed by atoms with Crippen molar-refractivity contribution in [3.8, 4) is 0 Å². The number of hydrogen-bond acceptors (Lipinski definition) is 4. The van der Waals surface area contributed by atoms with Crippen LogP contribution in [0.5, 0.6) is 0 Å².